The standard InChI is InChI=1S/C14H16ClN3O/c15-10-4-5-12(18-6-2-1-3-7-18)11(8-10)13-9-14(16)17-19-13/h4-5,8-9H,1-3,6-7H2,(H2,16,17). The molecule has 1 aromatic heterocycles. The van der Waals surface area contributed by atoms with Gasteiger partial charge < -0.3 is 15.2 Å². The van der Waals surface area contributed by atoms with E-state index in [1.807, 2.05) is 18.2 Å². The van der Waals surface area contributed by atoms with Gasteiger partial charge in [0.2, 0.25) is 0 Å². The summed E-state index contributed by atoms with van der Waals surface area (Å²) in [7, 11) is 0. The molecule has 0 amide bonds. The van der Waals surface area contributed by atoms with Crippen molar-refractivity contribution in [3.63, 3.8) is 0 Å². The molecule has 5 heteroatoms. The number of piperidine rings is 1. The minimum atomic E-state index is 0.388. The van der Waals surface area contributed by atoms with Crippen LogP contribution in [0.25, 0.3) is 11.3 Å². The van der Waals surface area contributed by atoms with Gasteiger partial charge in [0.15, 0.2) is 11.6 Å². The summed E-state index contributed by atoms with van der Waals surface area (Å²) in [6.07, 6.45) is 3.75. The Morgan fingerprint density at radius 1 is 1.16 bits per heavy atom. The van der Waals surface area contributed by atoms with Crippen molar-refractivity contribution in [2.45, 2.75) is 19.3 Å². The summed E-state index contributed by atoms with van der Waals surface area (Å²) in [6, 6.07) is 7.60. The maximum absolute atomic E-state index is 6.10. The van der Waals surface area contributed by atoms with Gasteiger partial charge in [-0.25, -0.2) is 0 Å². The molecule has 19 heavy (non-hydrogen) atoms. The molecule has 0 unspecified atom stereocenters. The van der Waals surface area contributed by atoms with Crippen LogP contribution in [0.2, 0.25) is 5.02 Å². The maximum Gasteiger partial charge on any atom is 0.171 e. The second-order valence-corrected chi connectivity index (χ2v) is 5.26. The predicted octanol–water partition coefficient (Wildman–Crippen LogP) is 3.57. The lowest BCUT2D eigenvalue weighted by atomic mass is 10.1. The van der Waals surface area contributed by atoms with Crippen LogP contribution in [-0.2, 0) is 0 Å². The Labute approximate surface area is 117 Å². The van der Waals surface area contributed by atoms with Gasteiger partial charge in [0.1, 0.15) is 0 Å². The van der Waals surface area contributed by atoms with Crippen LogP contribution in [0.15, 0.2) is 28.8 Å². The van der Waals surface area contributed by atoms with E-state index in [1.165, 1.54) is 19.3 Å². The van der Waals surface area contributed by atoms with Crippen LogP contribution in [0.1, 0.15) is 19.3 Å². The number of rotatable bonds is 2. The summed E-state index contributed by atoms with van der Waals surface area (Å²) in [6.45, 7) is 2.14. The molecule has 1 aromatic carbocycles. The number of aromatic nitrogens is 1. The van der Waals surface area contributed by atoms with E-state index in [1.54, 1.807) is 6.07 Å². The van der Waals surface area contributed by atoms with Crippen LogP contribution >= 0.6 is 11.6 Å². The third kappa shape index (κ3) is 2.54. The molecule has 1 fully saturated rings. The second kappa shape index (κ2) is 5.13. The minimum Gasteiger partial charge on any atom is -0.381 e. The zero-order valence-electron chi connectivity index (χ0n) is 10.6. The smallest absolute Gasteiger partial charge is 0.171 e. The first kappa shape index (κ1) is 12.4. The number of hydrogen-bond acceptors (Lipinski definition) is 4. The Balaban J connectivity index is 2.03. The molecule has 2 heterocycles. The summed E-state index contributed by atoms with van der Waals surface area (Å²) in [5, 5.41) is 4.44. The van der Waals surface area contributed by atoms with Gasteiger partial charge in [-0.15, -0.1) is 0 Å². The molecule has 1 aliphatic rings. The molecule has 0 spiro atoms. The molecule has 0 aliphatic carbocycles. The fourth-order valence-corrected chi connectivity index (χ4v) is 2.70. The van der Waals surface area contributed by atoms with Gasteiger partial charge in [0, 0.05) is 35.4 Å². The zero-order valence-corrected chi connectivity index (χ0v) is 11.4. The van der Waals surface area contributed by atoms with Crippen LogP contribution in [0.3, 0.4) is 0 Å². The predicted molar refractivity (Wildman–Crippen MR) is 77.4 cm³/mol. The van der Waals surface area contributed by atoms with Crippen LogP contribution in [0, 0.1) is 0 Å². The topological polar surface area (TPSA) is 55.3 Å². The average molecular weight is 278 g/mol. The number of anilines is 2. The molecular weight excluding hydrogens is 262 g/mol. The monoisotopic (exact) mass is 277 g/mol. The lowest BCUT2D eigenvalue weighted by Crippen LogP contribution is -2.29. The van der Waals surface area contributed by atoms with Crippen molar-refractivity contribution in [2.24, 2.45) is 0 Å². The first-order valence-corrected chi connectivity index (χ1v) is 6.89. The molecule has 0 bridgehead atoms. The summed E-state index contributed by atoms with van der Waals surface area (Å²) in [5.74, 6) is 1.06. The Bertz CT molecular complexity index is 576. The number of halogens is 1. The second-order valence-electron chi connectivity index (χ2n) is 4.83. The molecule has 100 valence electrons. The lowest BCUT2D eigenvalue weighted by molar-refractivity contribution is 0.435. The van der Waals surface area contributed by atoms with Gasteiger partial charge in [-0.05, 0) is 37.5 Å². The summed E-state index contributed by atoms with van der Waals surface area (Å²) in [5.41, 5.74) is 7.73. The average Bonchev–Trinajstić information content (AvgIpc) is 2.86. The number of benzene rings is 1. The van der Waals surface area contributed by atoms with Gasteiger partial charge in [-0.3, -0.25) is 0 Å². The van der Waals surface area contributed by atoms with E-state index in [2.05, 4.69) is 10.1 Å². The van der Waals surface area contributed by atoms with E-state index in [0.717, 1.165) is 24.3 Å². The van der Waals surface area contributed by atoms with E-state index in [-0.39, 0.29) is 0 Å². The largest absolute Gasteiger partial charge is 0.381 e. The van der Waals surface area contributed by atoms with Crippen molar-refractivity contribution in [1.29, 1.82) is 0 Å². The fourth-order valence-electron chi connectivity index (χ4n) is 2.53. The first-order valence-electron chi connectivity index (χ1n) is 6.51. The van der Waals surface area contributed by atoms with Crippen LogP contribution < -0.4 is 10.6 Å². The summed E-state index contributed by atoms with van der Waals surface area (Å²) in [4.78, 5) is 2.37. The quantitative estimate of drug-likeness (QED) is 0.912. The molecule has 3 rings (SSSR count). The van der Waals surface area contributed by atoms with E-state index >= 15 is 0 Å². The normalized spacial score (nSPS) is 15.7. The molecule has 1 aliphatic heterocycles. The first-order chi connectivity index (χ1) is 9.24. The van der Waals surface area contributed by atoms with E-state index in [4.69, 9.17) is 21.9 Å². The van der Waals surface area contributed by atoms with Crippen LogP contribution in [-0.4, -0.2) is 18.2 Å². The van der Waals surface area contributed by atoms with Gasteiger partial charge >= 0.3 is 0 Å². The minimum absolute atomic E-state index is 0.388. The number of nitrogens with zero attached hydrogens (tertiary/aromatic N) is 2. The van der Waals surface area contributed by atoms with E-state index in [0.29, 0.717) is 16.6 Å². The van der Waals surface area contributed by atoms with E-state index < -0.39 is 0 Å². The SMILES string of the molecule is Nc1cc(-c2cc(Cl)ccc2N2CCCCC2)on1. The third-order valence-electron chi connectivity index (χ3n) is 3.45. The Morgan fingerprint density at radius 3 is 2.63 bits per heavy atom. The van der Waals surface area contributed by atoms with Crippen molar-refractivity contribution < 1.29 is 4.52 Å². The number of nitrogen functional groups attached to an aromatic ring is 1. The van der Waals surface area contributed by atoms with E-state index in [9.17, 15) is 0 Å². The molecule has 4 nitrogen and oxygen atoms in total. The van der Waals surface area contributed by atoms with Crippen molar-refractivity contribution in [3.05, 3.63) is 29.3 Å². The highest BCUT2D eigenvalue weighted by Gasteiger charge is 2.18. The third-order valence-corrected chi connectivity index (χ3v) is 3.68. The highest BCUT2D eigenvalue weighted by atomic mass is 35.5. The highest BCUT2D eigenvalue weighted by Crippen LogP contribution is 2.35. The summed E-state index contributed by atoms with van der Waals surface area (Å²) >= 11 is 6.10. The fraction of sp³-hybridized carbons (Fsp3) is 0.357. The Hall–Kier alpha value is -1.68. The zero-order chi connectivity index (χ0) is 13.2. The van der Waals surface area contributed by atoms with Gasteiger partial charge in [-0.2, -0.15) is 0 Å². The van der Waals surface area contributed by atoms with Crippen molar-refractivity contribution in [3.8, 4) is 11.3 Å². The molecule has 2 N–H and O–H groups in total. The summed E-state index contributed by atoms with van der Waals surface area (Å²) < 4.78 is 5.28. The highest BCUT2D eigenvalue weighted by molar-refractivity contribution is 6.31. The van der Waals surface area contributed by atoms with Gasteiger partial charge in [-0.1, -0.05) is 16.8 Å². The van der Waals surface area contributed by atoms with Gasteiger partial charge in [0.25, 0.3) is 0 Å². The Kier molecular flexibility index (Phi) is 3.34. The van der Waals surface area contributed by atoms with Crippen molar-refractivity contribution >= 4 is 23.1 Å². The van der Waals surface area contributed by atoms with Crippen LogP contribution in [0.4, 0.5) is 11.5 Å². The number of hydrogen-bond donors (Lipinski definition) is 1. The molecule has 0 radical (unpaired) electrons. The lowest BCUT2D eigenvalue weighted by Gasteiger charge is -2.30. The number of nitrogens with two attached hydrogens (primary N) is 1. The molecule has 0 saturated carbocycles. The molecule has 1 saturated heterocycles. The molecular formula is C14H16ClN3O. The molecule has 0 atom stereocenters. The molecule has 2 aromatic rings. The maximum atomic E-state index is 6.10. The van der Waals surface area contributed by atoms with Crippen molar-refractivity contribution in [2.75, 3.05) is 23.7 Å². The Morgan fingerprint density at radius 2 is 1.95 bits per heavy atom. The van der Waals surface area contributed by atoms with Gasteiger partial charge in [0.05, 0.1) is 0 Å². The van der Waals surface area contributed by atoms with Crippen LogP contribution in [0.5, 0.6) is 0 Å². The van der Waals surface area contributed by atoms with Crippen molar-refractivity contribution in [1.82, 2.24) is 5.16 Å².